The van der Waals surface area contributed by atoms with Gasteiger partial charge in [-0.15, -0.1) is 0 Å². The minimum Gasteiger partial charge on any atom is -0.456 e. The van der Waals surface area contributed by atoms with Crippen molar-refractivity contribution in [1.82, 2.24) is 0 Å². The number of benzene rings is 3. The third kappa shape index (κ3) is 5.31. The average Bonchev–Trinajstić information content (AvgIpc) is 3.23. The highest BCUT2D eigenvalue weighted by Gasteiger charge is 2.53. The summed E-state index contributed by atoms with van der Waals surface area (Å²) in [4.78, 5) is 49.6. The summed E-state index contributed by atoms with van der Waals surface area (Å²) in [5.74, 6) is -0.933. The van der Waals surface area contributed by atoms with E-state index in [-0.39, 0.29) is 24.7 Å². The monoisotopic (exact) mass is 571 g/mol. The van der Waals surface area contributed by atoms with Crippen molar-refractivity contribution in [3.63, 3.8) is 0 Å². The van der Waals surface area contributed by atoms with Crippen LogP contribution in [0.5, 0.6) is 11.5 Å². The van der Waals surface area contributed by atoms with E-state index in [2.05, 4.69) is 10.6 Å². The number of primary amides is 1. The van der Waals surface area contributed by atoms with Crippen molar-refractivity contribution in [2.24, 2.45) is 23.1 Å². The van der Waals surface area contributed by atoms with Crippen LogP contribution >= 0.6 is 0 Å². The number of amides is 3. The second-order valence-corrected chi connectivity index (χ2v) is 11.0. The van der Waals surface area contributed by atoms with Gasteiger partial charge in [-0.05, 0) is 49.1 Å². The van der Waals surface area contributed by atoms with Gasteiger partial charge in [-0.2, -0.15) is 0 Å². The molecule has 1 unspecified atom stereocenters. The molecular weight excluding hydrogens is 538 g/mol. The molecule has 3 aromatic rings. The van der Waals surface area contributed by atoms with Crippen molar-refractivity contribution in [2.45, 2.75) is 50.8 Å². The predicted octanol–water partition coefficient (Wildman–Crippen LogP) is 3.10. The molecule has 0 saturated heterocycles. The van der Waals surface area contributed by atoms with E-state index < -0.39 is 35.5 Å². The van der Waals surface area contributed by atoms with Gasteiger partial charge in [0.15, 0.2) is 5.60 Å². The minimum atomic E-state index is -1.33. The number of carbonyl (C=O) groups is 4. The number of esters is 1. The molecular formula is C31H33N5O6. The Morgan fingerprint density at radius 2 is 1.40 bits per heavy atom. The van der Waals surface area contributed by atoms with E-state index in [1.54, 1.807) is 48.5 Å². The van der Waals surface area contributed by atoms with E-state index in [9.17, 15) is 19.2 Å². The first kappa shape index (κ1) is 28.8. The third-order valence-electron chi connectivity index (χ3n) is 7.35. The van der Waals surface area contributed by atoms with Crippen molar-refractivity contribution in [1.29, 1.82) is 0 Å². The lowest BCUT2D eigenvalue weighted by Gasteiger charge is -2.37. The van der Waals surface area contributed by atoms with Gasteiger partial charge in [0.1, 0.15) is 11.5 Å². The van der Waals surface area contributed by atoms with Crippen LogP contribution in [0.3, 0.4) is 0 Å². The van der Waals surface area contributed by atoms with Crippen LogP contribution in [0, 0.1) is 5.92 Å². The maximum atomic E-state index is 13.1. The molecule has 8 N–H and O–H groups in total. The van der Waals surface area contributed by atoms with Crippen LogP contribution in [0.1, 0.15) is 60.2 Å². The fourth-order valence-corrected chi connectivity index (χ4v) is 5.35. The third-order valence-corrected chi connectivity index (χ3v) is 7.35. The lowest BCUT2D eigenvalue weighted by molar-refractivity contribution is -0.119. The SMILES string of the molecule is CC(C)C[C@H](N)C(=O)Nc1ccc2c(c1)Oc1cc(NC(=O)[C@H](N)CCC(N)=O)ccc1C21OC(=O)c2ccccc21. The van der Waals surface area contributed by atoms with E-state index in [0.717, 1.165) is 0 Å². The number of fused-ring (bicyclic) bond motifs is 6. The zero-order valence-electron chi connectivity index (χ0n) is 23.3. The zero-order valence-corrected chi connectivity index (χ0v) is 23.3. The summed E-state index contributed by atoms with van der Waals surface area (Å²) in [6, 6.07) is 15.6. The highest BCUT2D eigenvalue weighted by Crippen LogP contribution is 2.56. The highest BCUT2D eigenvalue weighted by molar-refractivity contribution is 5.98. The molecule has 0 fully saturated rings. The van der Waals surface area contributed by atoms with Crippen molar-refractivity contribution >= 4 is 35.1 Å². The number of hydrogen-bond acceptors (Lipinski definition) is 8. The van der Waals surface area contributed by atoms with Gasteiger partial charge in [-0.1, -0.05) is 32.0 Å². The molecule has 0 radical (unpaired) electrons. The van der Waals surface area contributed by atoms with Crippen molar-refractivity contribution in [2.75, 3.05) is 10.6 Å². The lowest BCUT2D eigenvalue weighted by atomic mass is 9.77. The van der Waals surface area contributed by atoms with Gasteiger partial charge in [-0.25, -0.2) is 4.79 Å². The predicted molar refractivity (Wildman–Crippen MR) is 156 cm³/mol. The normalized spacial score (nSPS) is 17.8. The molecule has 0 aliphatic carbocycles. The number of hydrogen-bond donors (Lipinski definition) is 5. The molecule has 3 amide bonds. The largest absolute Gasteiger partial charge is 0.456 e. The number of rotatable bonds is 9. The van der Waals surface area contributed by atoms with Crippen molar-refractivity contribution < 1.29 is 28.7 Å². The molecule has 2 aliphatic rings. The van der Waals surface area contributed by atoms with Gasteiger partial charge < -0.3 is 37.3 Å². The van der Waals surface area contributed by atoms with Gasteiger partial charge in [0.2, 0.25) is 17.7 Å². The van der Waals surface area contributed by atoms with Gasteiger partial charge in [0, 0.05) is 46.6 Å². The number of ether oxygens (including phenoxy) is 2. The van der Waals surface area contributed by atoms with Crippen LogP contribution in [0.15, 0.2) is 60.7 Å². The number of nitrogens with one attached hydrogen (secondary N) is 2. The summed E-state index contributed by atoms with van der Waals surface area (Å²) in [5.41, 5.74) is 18.9. The summed E-state index contributed by atoms with van der Waals surface area (Å²) in [6.45, 7) is 3.98. The summed E-state index contributed by atoms with van der Waals surface area (Å²) in [5, 5.41) is 5.58. The van der Waals surface area contributed by atoms with Crippen LogP contribution in [-0.4, -0.2) is 35.8 Å². The topological polar surface area (TPSA) is 189 Å². The molecule has 0 saturated carbocycles. The highest BCUT2D eigenvalue weighted by atomic mass is 16.6. The molecule has 3 atom stereocenters. The second kappa shape index (κ2) is 11.3. The molecule has 2 aliphatic heterocycles. The van der Waals surface area contributed by atoms with Crippen molar-refractivity contribution in [3.05, 3.63) is 82.9 Å². The number of anilines is 2. The van der Waals surface area contributed by atoms with Crippen LogP contribution in [0.2, 0.25) is 0 Å². The minimum absolute atomic E-state index is 0.0206. The maximum Gasteiger partial charge on any atom is 0.340 e. The molecule has 3 aromatic carbocycles. The first-order chi connectivity index (χ1) is 20.0. The van der Waals surface area contributed by atoms with E-state index in [1.807, 2.05) is 26.0 Å². The van der Waals surface area contributed by atoms with Crippen LogP contribution in [0.4, 0.5) is 11.4 Å². The summed E-state index contributed by atoms with van der Waals surface area (Å²) in [6.07, 6.45) is 0.603. The van der Waals surface area contributed by atoms with Gasteiger partial charge >= 0.3 is 5.97 Å². The smallest absolute Gasteiger partial charge is 0.340 e. The Morgan fingerprint density at radius 1 is 0.833 bits per heavy atom. The molecule has 11 heteroatoms. The fourth-order valence-electron chi connectivity index (χ4n) is 5.35. The molecule has 11 nitrogen and oxygen atoms in total. The van der Waals surface area contributed by atoms with Gasteiger partial charge in [0.25, 0.3) is 0 Å². The maximum absolute atomic E-state index is 13.1. The Bertz CT molecular complexity index is 1590. The summed E-state index contributed by atoms with van der Waals surface area (Å²) < 4.78 is 12.5. The number of carbonyl (C=O) groups excluding carboxylic acids is 4. The first-order valence-electron chi connectivity index (χ1n) is 13.7. The molecule has 0 aromatic heterocycles. The molecule has 1 spiro atoms. The first-order valence-corrected chi connectivity index (χ1v) is 13.7. The van der Waals surface area contributed by atoms with Gasteiger partial charge in [0.05, 0.1) is 17.6 Å². The Kier molecular flexibility index (Phi) is 7.72. The van der Waals surface area contributed by atoms with E-state index in [1.165, 1.54) is 0 Å². The molecule has 0 bridgehead atoms. The van der Waals surface area contributed by atoms with Crippen LogP contribution < -0.4 is 32.6 Å². The van der Waals surface area contributed by atoms with Gasteiger partial charge in [-0.3, -0.25) is 14.4 Å². The molecule has 42 heavy (non-hydrogen) atoms. The Hall–Kier alpha value is -4.74. The Labute approximate surface area is 242 Å². The molecule has 218 valence electrons. The van der Waals surface area contributed by atoms with E-state index in [4.69, 9.17) is 26.7 Å². The van der Waals surface area contributed by atoms with E-state index >= 15 is 0 Å². The van der Waals surface area contributed by atoms with Crippen molar-refractivity contribution in [3.8, 4) is 11.5 Å². The summed E-state index contributed by atoms with van der Waals surface area (Å²) >= 11 is 0. The molecule has 5 rings (SSSR count). The average molecular weight is 572 g/mol. The van der Waals surface area contributed by atoms with Crippen LogP contribution in [0.25, 0.3) is 0 Å². The fraction of sp³-hybridized carbons (Fsp3) is 0.290. The Balaban J connectivity index is 1.53. The molecule has 2 heterocycles. The zero-order chi connectivity index (χ0) is 30.2. The van der Waals surface area contributed by atoms with Crippen LogP contribution in [-0.2, 0) is 24.7 Å². The second-order valence-electron chi connectivity index (χ2n) is 11.0. The van der Waals surface area contributed by atoms with E-state index in [0.29, 0.717) is 51.5 Å². The number of nitrogens with two attached hydrogens (primary N) is 3. The standard InChI is InChI=1S/C31H33N5O6/c1-16(2)13-24(33)29(39)36-18-8-10-22-26(15-18)41-25-14-17(35-28(38)23(32)11-12-27(34)37)7-9-21(25)31(22)20-6-4-3-5-19(20)30(40)42-31/h3-10,14-16,23-24H,11-13,32-33H2,1-2H3,(H2,34,37)(H,35,38)(H,36,39)/t23-,24+,31?/m1/s1. The quantitative estimate of drug-likeness (QED) is 0.242. The summed E-state index contributed by atoms with van der Waals surface area (Å²) in [7, 11) is 0. The Morgan fingerprint density at radius 3 is 1.98 bits per heavy atom. The lowest BCUT2D eigenvalue weighted by Crippen LogP contribution is -2.37.